The molecule has 1 aliphatic heterocycles. The fourth-order valence-electron chi connectivity index (χ4n) is 1.69. The van der Waals surface area contributed by atoms with Crippen LogP contribution in [0.15, 0.2) is 12.2 Å². The molecule has 1 unspecified atom stereocenters. The van der Waals surface area contributed by atoms with Crippen LogP contribution in [0.2, 0.25) is 6.04 Å². The maximum absolute atomic E-state index is 5.75. The Labute approximate surface area is 117 Å². The molecule has 1 atom stereocenters. The molecule has 0 N–H and O–H groups in total. The first-order valence-electron chi connectivity index (χ1n) is 7.02. The monoisotopic (exact) mass is 290 g/mol. The van der Waals surface area contributed by atoms with E-state index in [9.17, 15) is 0 Å². The van der Waals surface area contributed by atoms with Crippen molar-refractivity contribution in [2.75, 3.05) is 39.6 Å². The molecular formula is C13H26O5Si. The molecule has 5 nitrogen and oxygen atoms in total. The maximum Gasteiger partial charge on any atom is 0.504 e. The van der Waals surface area contributed by atoms with E-state index in [0.717, 1.165) is 6.61 Å². The molecule has 112 valence electrons. The molecule has 0 saturated carbocycles. The molecular weight excluding hydrogens is 264 g/mol. The number of ether oxygens (including phenoxy) is 2. The van der Waals surface area contributed by atoms with Gasteiger partial charge in [-0.2, -0.15) is 0 Å². The molecule has 0 spiro atoms. The summed E-state index contributed by atoms with van der Waals surface area (Å²) in [5.41, 5.74) is 0. The lowest BCUT2D eigenvalue weighted by molar-refractivity contribution is 0.0742. The summed E-state index contributed by atoms with van der Waals surface area (Å²) < 4.78 is 27.7. The summed E-state index contributed by atoms with van der Waals surface area (Å²) in [6, 6.07) is 0.686. The Balaban J connectivity index is 2.29. The summed E-state index contributed by atoms with van der Waals surface area (Å²) in [5, 5.41) is 0. The summed E-state index contributed by atoms with van der Waals surface area (Å²) in [5.74, 6) is 0. The second-order valence-corrected chi connectivity index (χ2v) is 6.79. The fourth-order valence-corrected chi connectivity index (χ4v) is 4.07. The van der Waals surface area contributed by atoms with E-state index in [1.165, 1.54) is 0 Å². The van der Waals surface area contributed by atoms with Crippen molar-refractivity contribution in [2.45, 2.75) is 32.9 Å². The van der Waals surface area contributed by atoms with Crippen LogP contribution in [-0.4, -0.2) is 54.5 Å². The Bertz CT molecular complexity index is 238. The Kier molecular flexibility index (Phi) is 8.52. The summed E-state index contributed by atoms with van der Waals surface area (Å²) in [7, 11) is -2.53. The van der Waals surface area contributed by atoms with E-state index in [2.05, 4.69) is 0 Å². The van der Waals surface area contributed by atoms with E-state index in [4.69, 9.17) is 22.8 Å². The van der Waals surface area contributed by atoms with Gasteiger partial charge in [-0.3, -0.25) is 0 Å². The molecule has 0 radical (unpaired) electrons. The zero-order chi connectivity index (χ0) is 14.0. The van der Waals surface area contributed by atoms with Crippen molar-refractivity contribution in [3.8, 4) is 0 Å². The molecule has 0 aliphatic carbocycles. The summed E-state index contributed by atoms with van der Waals surface area (Å²) in [4.78, 5) is 0. The van der Waals surface area contributed by atoms with Crippen LogP contribution in [0.4, 0.5) is 0 Å². The van der Waals surface area contributed by atoms with Crippen molar-refractivity contribution in [3.05, 3.63) is 12.2 Å². The first kappa shape index (κ1) is 16.8. The Morgan fingerprint density at radius 2 is 1.63 bits per heavy atom. The molecule has 1 heterocycles. The van der Waals surface area contributed by atoms with E-state index < -0.39 is 8.80 Å². The molecule has 0 bridgehead atoms. The molecule has 0 aromatic carbocycles. The zero-order valence-electron chi connectivity index (χ0n) is 12.2. The minimum absolute atomic E-state index is 0.317. The average molecular weight is 290 g/mol. The Morgan fingerprint density at radius 3 is 2.11 bits per heavy atom. The Morgan fingerprint density at radius 1 is 1.05 bits per heavy atom. The van der Waals surface area contributed by atoms with E-state index in [0.29, 0.717) is 45.2 Å². The van der Waals surface area contributed by atoms with Gasteiger partial charge >= 0.3 is 8.80 Å². The van der Waals surface area contributed by atoms with Crippen molar-refractivity contribution in [3.63, 3.8) is 0 Å². The standard InChI is InChI=1S/C13H26O5Si/c1-4-16-19(17-5-2,18-6-3)10-8-7-9-14-11-13-12-15-13/h7-8,13H,4-6,9-12H2,1-3H3/b8-7+. The normalized spacial score (nSPS) is 19.2. The van der Waals surface area contributed by atoms with Gasteiger partial charge in [0.1, 0.15) is 6.10 Å². The maximum atomic E-state index is 5.75. The van der Waals surface area contributed by atoms with Gasteiger partial charge in [-0.1, -0.05) is 12.2 Å². The number of hydrogen-bond donors (Lipinski definition) is 0. The van der Waals surface area contributed by atoms with Gasteiger partial charge < -0.3 is 22.8 Å². The van der Waals surface area contributed by atoms with Crippen molar-refractivity contribution in [2.24, 2.45) is 0 Å². The van der Waals surface area contributed by atoms with Gasteiger partial charge in [0.25, 0.3) is 0 Å². The highest BCUT2D eigenvalue weighted by Crippen LogP contribution is 2.16. The molecule has 19 heavy (non-hydrogen) atoms. The second-order valence-electron chi connectivity index (χ2n) is 4.15. The van der Waals surface area contributed by atoms with Crippen molar-refractivity contribution in [1.29, 1.82) is 0 Å². The predicted molar refractivity (Wildman–Crippen MR) is 75.1 cm³/mol. The molecule has 1 aliphatic rings. The third-order valence-corrected chi connectivity index (χ3v) is 5.47. The van der Waals surface area contributed by atoms with Crippen LogP contribution in [0.25, 0.3) is 0 Å². The number of epoxide rings is 1. The first-order valence-corrected chi connectivity index (χ1v) is 8.95. The second kappa shape index (κ2) is 9.63. The fraction of sp³-hybridized carbons (Fsp3) is 0.846. The molecule has 0 aromatic heterocycles. The highest BCUT2D eigenvalue weighted by atomic mass is 28.4. The Hall–Kier alpha value is -0.243. The van der Waals surface area contributed by atoms with E-state index in [1.807, 2.05) is 32.9 Å². The van der Waals surface area contributed by atoms with Gasteiger partial charge in [0.2, 0.25) is 0 Å². The minimum atomic E-state index is -2.53. The van der Waals surface area contributed by atoms with Gasteiger partial charge in [-0.05, 0) is 20.8 Å². The van der Waals surface area contributed by atoms with Gasteiger partial charge in [0.15, 0.2) is 0 Å². The molecule has 1 fully saturated rings. The predicted octanol–water partition coefficient (Wildman–Crippen LogP) is 2.01. The number of hydrogen-bond acceptors (Lipinski definition) is 5. The zero-order valence-corrected chi connectivity index (χ0v) is 13.2. The van der Waals surface area contributed by atoms with E-state index in [-0.39, 0.29) is 0 Å². The third-order valence-electron chi connectivity index (χ3n) is 2.55. The average Bonchev–Trinajstić information content (AvgIpc) is 3.19. The summed E-state index contributed by atoms with van der Waals surface area (Å²) in [6.45, 7) is 9.80. The third kappa shape index (κ3) is 7.19. The van der Waals surface area contributed by atoms with Gasteiger partial charge in [0, 0.05) is 25.9 Å². The molecule has 0 amide bonds. The van der Waals surface area contributed by atoms with Crippen molar-refractivity contribution >= 4 is 8.80 Å². The van der Waals surface area contributed by atoms with Crippen LogP contribution in [-0.2, 0) is 22.8 Å². The molecule has 1 saturated heterocycles. The van der Waals surface area contributed by atoms with Gasteiger partial charge in [-0.15, -0.1) is 0 Å². The largest absolute Gasteiger partial charge is 0.504 e. The highest BCUT2D eigenvalue weighted by Gasteiger charge is 2.38. The first-order chi connectivity index (χ1) is 9.26. The SMILES string of the molecule is CCO[Si](C/C=C/COCC1CO1)(OCC)OCC. The lowest BCUT2D eigenvalue weighted by Gasteiger charge is -2.27. The lowest BCUT2D eigenvalue weighted by Crippen LogP contribution is -2.45. The van der Waals surface area contributed by atoms with Crippen LogP contribution < -0.4 is 0 Å². The molecule has 1 rings (SSSR count). The van der Waals surface area contributed by atoms with E-state index >= 15 is 0 Å². The van der Waals surface area contributed by atoms with Gasteiger partial charge in [-0.25, -0.2) is 0 Å². The number of allylic oxidation sites excluding steroid dienone is 1. The van der Waals surface area contributed by atoms with Crippen molar-refractivity contribution < 1.29 is 22.8 Å². The minimum Gasteiger partial charge on any atom is -0.375 e. The van der Waals surface area contributed by atoms with Crippen LogP contribution in [0.5, 0.6) is 0 Å². The van der Waals surface area contributed by atoms with Crippen LogP contribution in [0, 0.1) is 0 Å². The summed E-state index contributed by atoms with van der Waals surface area (Å²) >= 11 is 0. The van der Waals surface area contributed by atoms with Crippen LogP contribution in [0.3, 0.4) is 0 Å². The quantitative estimate of drug-likeness (QED) is 0.238. The molecule has 6 heteroatoms. The smallest absolute Gasteiger partial charge is 0.375 e. The highest BCUT2D eigenvalue weighted by molar-refractivity contribution is 6.61. The number of rotatable bonds is 12. The van der Waals surface area contributed by atoms with Crippen LogP contribution in [0.1, 0.15) is 20.8 Å². The van der Waals surface area contributed by atoms with Crippen LogP contribution >= 0.6 is 0 Å². The summed E-state index contributed by atoms with van der Waals surface area (Å²) in [6.07, 6.45) is 4.33. The molecule has 0 aromatic rings. The van der Waals surface area contributed by atoms with E-state index in [1.54, 1.807) is 0 Å². The van der Waals surface area contributed by atoms with Crippen molar-refractivity contribution in [1.82, 2.24) is 0 Å². The topological polar surface area (TPSA) is 49.5 Å². The lowest BCUT2D eigenvalue weighted by atomic mass is 10.5. The van der Waals surface area contributed by atoms with Gasteiger partial charge in [0.05, 0.1) is 19.8 Å².